The molecule has 1 N–H and O–H groups in total. The topological polar surface area (TPSA) is 91.7 Å². The average Bonchev–Trinajstić information content (AvgIpc) is 2.77. The molecule has 7 nitrogen and oxygen atoms in total. The van der Waals surface area contributed by atoms with Gasteiger partial charge in [-0.05, 0) is 49.1 Å². The van der Waals surface area contributed by atoms with E-state index in [1.165, 1.54) is 0 Å². The molecule has 1 atom stereocenters. The summed E-state index contributed by atoms with van der Waals surface area (Å²) in [5, 5.41) is 12.2. The zero-order valence-electron chi connectivity index (χ0n) is 18.1. The smallest absolute Gasteiger partial charge is 0.265 e. The van der Waals surface area contributed by atoms with E-state index in [1.54, 1.807) is 54.5 Å². The van der Waals surface area contributed by atoms with Crippen molar-refractivity contribution in [2.75, 3.05) is 23.9 Å². The van der Waals surface area contributed by atoms with Crippen LogP contribution in [-0.2, 0) is 9.59 Å². The molecular weight excluding hydrogens is 394 g/mol. The van der Waals surface area contributed by atoms with E-state index in [4.69, 9.17) is 9.47 Å². The molecule has 0 bridgehead atoms. The van der Waals surface area contributed by atoms with Gasteiger partial charge >= 0.3 is 0 Å². The van der Waals surface area contributed by atoms with E-state index in [2.05, 4.69) is 11.4 Å². The number of piperidine rings is 1. The number of nitriles is 1. The number of hydrogen-bond donors (Lipinski definition) is 1. The van der Waals surface area contributed by atoms with Crippen LogP contribution in [0.25, 0.3) is 0 Å². The van der Waals surface area contributed by atoms with Gasteiger partial charge in [0.05, 0.1) is 18.4 Å². The third kappa shape index (κ3) is 5.15. The maximum Gasteiger partial charge on any atom is 0.265 e. The summed E-state index contributed by atoms with van der Waals surface area (Å²) in [6, 6.07) is 14.1. The van der Waals surface area contributed by atoms with Crippen LogP contribution in [0.1, 0.15) is 38.7 Å². The van der Waals surface area contributed by atoms with Gasteiger partial charge < -0.3 is 19.7 Å². The maximum atomic E-state index is 13.0. The molecule has 31 heavy (non-hydrogen) atoms. The summed E-state index contributed by atoms with van der Waals surface area (Å²) >= 11 is 0. The molecule has 0 spiro atoms. The summed E-state index contributed by atoms with van der Waals surface area (Å²) < 4.78 is 11.4. The molecule has 0 radical (unpaired) electrons. The van der Waals surface area contributed by atoms with Gasteiger partial charge in [0.25, 0.3) is 5.91 Å². The normalized spacial score (nSPS) is 14.7. The van der Waals surface area contributed by atoms with Crippen LogP contribution in [0.5, 0.6) is 11.5 Å². The third-order valence-electron chi connectivity index (χ3n) is 5.19. The number of benzene rings is 2. The summed E-state index contributed by atoms with van der Waals surface area (Å²) in [5.41, 5.74) is 1.56. The van der Waals surface area contributed by atoms with Gasteiger partial charge in [-0.2, -0.15) is 5.26 Å². The standard InChI is InChI=1S/C24H27N3O4/c1-16(2)23(31-20-9-5-4-8-17(20)15-25)24(29)26-18-11-12-21(30-3)19(14-18)27-13-7-6-10-22(27)28/h4-5,8-9,11-12,14,16,23H,6-7,10,13H2,1-3H3,(H,26,29). The highest BCUT2D eigenvalue weighted by Crippen LogP contribution is 2.34. The number of rotatable bonds is 7. The first kappa shape index (κ1) is 22.2. The number of hydrogen-bond acceptors (Lipinski definition) is 5. The fraction of sp³-hybridized carbons (Fsp3) is 0.375. The van der Waals surface area contributed by atoms with Crippen molar-refractivity contribution in [3.8, 4) is 17.6 Å². The quantitative estimate of drug-likeness (QED) is 0.726. The Morgan fingerprint density at radius 3 is 2.61 bits per heavy atom. The SMILES string of the molecule is COc1ccc(NC(=O)C(Oc2ccccc2C#N)C(C)C)cc1N1CCCCC1=O. The number of carbonyl (C=O) groups is 2. The Labute approximate surface area is 182 Å². The zero-order chi connectivity index (χ0) is 22.4. The monoisotopic (exact) mass is 421 g/mol. The van der Waals surface area contributed by atoms with Crippen molar-refractivity contribution in [1.29, 1.82) is 5.26 Å². The van der Waals surface area contributed by atoms with Crippen LogP contribution in [0.4, 0.5) is 11.4 Å². The van der Waals surface area contributed by atoms with Gasteiger partial charge in [-0.1, -0.05) is 26.0 Å². The van der Waals surface area contributed by atoms with Gasteiger partial charge in [-0.25, -0.2) is 0 Å². The minimum atomic E-state index is -0.795. The van der Waals surface area contributed by atoms with Crippen molar-refractivity contribution >= 4 is 23.2 Å². The van der Waals surface area contributed by atoms with Gasteiger partial charge in [0.1, 0.15) is 17.6 Å². The predicted octanol–water partition coefficient (Wildman–Crippen LogP) is 4.13. The summed E-state index contributed by atoms with van der Waals surface area (Å²) in [5.74, 6) is 0.530. The van der Waals surface area contributed by atoms with Crippen LogP contribution in [0.2, 0.25) is 0 Å². The van der Waals surface area contributed by atoms with Crippen LogP contribution in [-0.4, -0.2) is 31.6 Å². The van der Waals surface area contributed by atoms with E-state index < -0.39 is 6.10 Å². The Hall–Kier alpha value is -3.53. The molecule has 1 aliphatic rings. The van der Waals surface area contributed by atoms with E-state index in [-0.39, 0.29) is 17.7 Å². The van der Waals surface area contributed by atoms with E-state index in [0.29, 0.717) is 41.4 Å². The second-order valence-electron chi connectivity index (χ2n) is 7.77. The third-order valence-corrected chi connectivity index (χ3v) is 5.19. The van der Waals surface area contributed by atoms with E-state index >= 15 is 0 Å². The number of para-hydroxylation sites is 1. The molecule has 0 aliphatic carbocycles. The number of amides is 2. The van der Waals surface area contributed by atoms with Crippen molar-refractivity contribution in [3.05, 3.63) is 48.0 Å². The maximum absolute atomic E-state index is 13.0. The molecule has 1 heterocycles. The number of nitrogens with one attached hydrogen (secondary N) is 1. The number of nitrogens with zero attached hydrogens (tertiary/aromatic N) is 2. The molecule has 2 aromatic carbocycles. The van der Waals surface area contributed by atoms with Crippen LogP contribution in [0.3, 0.4) is 0 Å². The van der Waals surface area contributed by atoms with Crippen molar-refractivity contribution in [2.45, 2.75) is 39.2 Å². The first-order chi connectivity index (χ1) is 14.9. The Bertz CT molecular complexity index is 997. The molecule has 0 saturated carbocycles. The van der Waals surface area contributed by atoms with Gasteiger partial charge in [0.15, 0.2) is 6.10 Å². The highest BCUT2D eigenvalue weighted by molar-refractivity contribution is 5.98. The number of ether oxygens (including phenoxy) is 2. The van der Waals surface area contributed by atoms with E-state index in [0.717, 1.165) is 12.8 Å². The molecule has 3 rings (SSSR count). The lowest BCUT2D eigenvalue weighted by Crippen LogP contribution is -2.38. The number of carbonyl (C=O) groups excluding carboxylic acids is 2. The van der Waals surface area contributed by atoms with Gasteiger partial charge in [0.2, 0.25) is 5.91 Å². The highest BCUT2D eigenvalue weighted by atomic mass is 16.5. The van der Waals surface area contributed by atoms with E-state index in [9.17, 15) is 14.9 Å². The van der Waals surface area contributed by atoms with Crippen molar-refractivity contribution in [1.82, 2.24) is 0 Å². The van der Waals surface area contributed by atoms with Crippen molar-refractivity contribution < 1.29 is 19.1 Å². The fourth-order valence-corrected chi connectivity index (χ4v) is 3.54. The molecule has 1 fully saturated rings. The lowest BCUT2D eigenvalue weighted by Gasteiger charge is -2.28. The Morgan fingerprint density at radius 2 is 1.94 bits per heavy atom. The largest absolute Gasteiger partial charge is 0.495 e. The molecule has 2 amide bonds. The minimum Gasteiger partial charge on any atom is -0.495 e. The van der Waals surface area contributed by atoms with Crippen LogP contribution in [0.15, 0.2) is 42.5 Å². The highest BCUT2D eigenvalue weighted by Gasteiger charge is 2.27. The number of methoxy groups -OCH3 is 1. The molecule has 1 unspecified atom stereocenters. The molecule has 2 aromatic rings. The lowest BCUT2D eigenvalue weighted by atomic mass is 10.1. The van der Waals surface area contributed by atoms with Crippen LogP contribution >= 0.6 is 0 Å². The Kier molecular flexibility index (Phi) is 7.14. The molecule has 7 heteroatoms. The summed E-state index contributed by atoms with van der Waals surface area (Å²) in [6.45, 7) is 4.38. The fourth-order valence-electron chi connectivity index (χ4n) is 3.54. The first-order valence-electron chi connectivity index (χ1n) is 10.4. The van der Waals surface area contributed by atoms with Crippen LogP contribution < -0.4 is 19.7 Å². The lowest BCUT2D eigenvalue weighted by molar-refractivity contribution is -0.124. The van der Waals surface area contributed by atoms with Crippen LogP contribution in [0, 0.1) is 17.2 Å². The van der Waals surface area contributed by atoms with Gasteiger partial charge in [-0.3, -0.25) is 9.59 Å². The molecule has 1 aliphatic heterocycles. The van der Waals surface area contributed by atoms with E-state index in [1.807, 2.05) is 13.8 Å². The summed E-state index contributed by atoms with van der Waals surface area (Å²) in [7, 11) is 1.56. The average molecular weight is 421 g/mol. The Morgan fingerprint density at radius 1 is 1.16 bits per heavy atom. The van der Waals surface area contributed by atoms with Gasteiger partial charge in [0, 0.05) is 18.7 Å². The summed E-state index contributed by atoms with van der Waals surface area (Å²) in [6.07, 6.45) is 1.51. The molecule has 0 aromatic heterocycles. The van der Waals surface area contributed by atoms with Crippen molar-refractivity contribution in [2.24, 2.45) is 5.92 Å². The Balaban J connectivity index is 1.83. The first-order valence-corrected chi connectivity index (χ1v) is 10.4. The van der Waals surface area contributed by atoms with Gasteiger partial charge in [-0.15, -0.1) is 0 Å². The molecule has 1 saturated heterocycles. The molecule has 162 valence electrons. The predicted molar refractivity (Wildman–Crippen MR) is 118 cm³/mol. The summed E-state index contributed by atoms with van der Waals surface area (Å²) in [4.78, 5) is 27.1. The molecular formula is C24H27N3O4. The minimum absolute atomic E-state index is 0.0459. The zero-order valence-corrected chi connectivity index (χ0v) is 18.1. The van der Waals surface area contributed by atoms with Crippen molar-refractivity contribution in [3.63, 3.8) is 0 Å². The second-order valence-corrected chi connectivity index (χ2v) is 7.77. The number of anilines is 2. The second kappa shape index (κ2) is 9.98.